The molecule has 4 heteroatoms. The highest BCUT2D eigenvalue weighted by molar-refractivity contribution is 9.10. The molecular formula is C13H14BrN3. The zero-order valence-electron chi connectivity index (χ0n) is 9.73. The number of hydrogen-bond acceptors (Lipinski definition) is 2. The predicted molar refractivity (Wildman–Crippen MR) is 72.1 cm³/mol. The van der Waals surface area contributed by atoms with E-state index in [0.717, 1.165) is 29.7 Å². The van der Waals surface area contributed by atoms with E-state index < -0.39 is 0 Å². The molecule has 3 nitrogen and oxygen atoms in total. The van der Waals surface area contributed by atoms with E-state index in [4.69, 9.17) is 0 Å². The Hall–Kier alpha value is -1.29. The van der Waals surface area contributed by atoms with Crippen LogP contribution in [0.25, 0.3) is 0 Å². The largest absolute Gasteiger partial charge is 0.365 e. The number of nitrogens with zero attached hydrogens (tertiary/aromatic N) is 3. The van der Waals surface area contributed by atoms with Crippen molar-refractivity contribution in [2.45, 2.75) is 13.0 Å². The van der Waals surface area contributed by atoms with Gasteiger partial charge in [-0.25, -0.2) is 4.98 Å². The van der Waals surface area contributed by atoms with Crippen LogP contribution in [0.15, 0.2) is 35.2 Å². The lowest BCUT2D eigenvalue weighted by molar-refractivity contribution is 0.818. The van der Waals surface area contributed by atoms with Gasteiger partial charge in [0.2, 0.25) is 0 Å². The van der Waals surface area contributed by atoms with Gasteiger partial charge >= 0.3 is 0 Å². The fourth-order valence-corrected chi connectivity index (χ4v) is 2.68. The molecule has 2 aromatic rings. The van der Waals surface area contributed by atoms with Gasteiger partial charge in [0.05, 0.1) is 18.6 Å². The molecule has 0 amide bonds. The second-order valence-electron chi connectivity index (χ2n) is 4.48. The third-order valence-corrected chi connectivity index (χ3v) is 3.64. The molecule has 1 aromatic carbocycles. The smallest absolute Gasteiger partial charge is 0.0947 e. The summed E-state index contributed by atoms with van der Waals surface area (Å²) in [6, 6.07) is 6.52. The number of aromatic nitrogens is 2. The van der Waals surface area contributed by atoms with Crippen LogP contribution < -0.4 is 4.90 Å². The minimum atomic E-state index is 0.893. The van der Waals surface area contributed by atoms with Gasteiger partial charge in [0, 0.05) is 29.9 Å². The molecule has 1 aromatic heterocycles. The van der Waals surface area contributed by atoms with E-state index >= 15 is 0 Å². The summed E-state index contributed by atoms with van der Waals surface area (Å²) in [5, 5.41) is 0. The minimum Gasteiger partial charge on any atom is -0.365 e. The van der Waals surface area contributed by atoms with Gasteiger partial charge < -0.3 is 9.47 Å². The third-order valence-electron chi connectivity index (χ3n) is 3.15. The number of rotatable bonds is 2. The fourth-order valence-electron chi connectivity index (χ4n) is 2.33. The van der Waals surface area contributed by atoms with E-state index in [2.05, 4.69) is 50.2 Å². The van der Waals surface area contributed by atoms with Crippen LogP contribution in [0.2, 0.25) is 0 Å². The molecule has 0 atom stereocenters. The average molecular weight is 292 g/mol. The lowest BCUT2D eigenvalue weighted by atomic mass is 10.2. The van der Waals surface area contributed by atoms with Gasteiger partial charge in [-0.1, -0.05) is 22.0 Å². The molecule has 3 rings (SSSR count). The molecule has 0 N–H and O–H groups in total. The van der Waals surface area contributed by atoms with E-state index in [1.165, 1.54) is 11.3 Å². The molecule has 1 aliphatic rings. The van der Waals surface area contributed by atoms with Crippen LogP contribution in [0.3, 0.4) is 0 Å². The highest BCUT2D eigenvalue weighted by atomic mass is 79.9. The molecule has 0 saturated heterocycles. The Kier molecular flexibility index (Phi) is 2.67. The molecule has 0 bridgehead atoms. The number of halogens is 1. The number of imidazole rings is 1. The summed E-state index contributed by atoms with van der Waals surface area (Å²) >= 11 is 3.54. The first-order valence-electron chi connectivity index (χ1n) is 5.72. The van der Waals surface area contributed by atoms with Gasteiger partial charge in [-0.05, 0) is 24.1 Å². The maximum Gasteiger partial charge on any atom is 0.0947 e. The van der Waals surface area contributed by atoms with Crippen LogP contribution >= 0.6 is 15.9 Å². The summed E-state index contributed by atoms with van der Waals surface area (Å²) in [6.45, 7) is 1.98. The van der Waals surface area contributed by atoms with Crippen molar-refractivity contribution in [1.29, 1.82) is 0 Å². The van der Waals surface area contributed by atoms with Crippen LogP contribution in [0.1, 0.15) is 11.3 Å². The Morgan fingerprint density at radius 1 is 1.41 bits per heavy atom. The molecule has 2 heterocycles. The number of aryl methyl sites for hydroxylation is 1. The number of anilines is 1. The van der Waals surface area contributed by atoms with Crippen molar-refractivity contribution >= 4 is 21.6 Å². The topological polar surface area (TPSA) is 21.1 Å². The summed E-state index contributed by atoms with van der Waals surface area (Å²) in [7, 11) is 2.00. The Balaban J connectivity index is 1.86. The van der Waals surface area contributed by atoms with Crippen LogP contribution in [-0.4, -0.2) is 16.1 Å². The monoisotopic (exact) mass is 291 g/mol. The van der Waals surface area contributed by atoms with Crippen molar-refractivity contribution in [3.63, 3.8) is 0 Å². The first kappa shape index (κ1) is 10.8. The summed E-state index contributed by atoms with van der Waals surface area (Å²) in [4.78, 5) is 6.78. The molecular weight excluding hydrogens is 278 g/mol. The zero-order valence-corrected chi connectivity index (χ0v) is 11.3. The van der Waals surface area contributed by atoms with Gasteiger partial charge in [-0.3, -0.25) is 0 Å². The molecule has 1 aliphatic heterocycles. The fraction of sp³-hybridized carbons (Fsp3) is 0.308. The molecule has 0 aliphatic carbocycles. The lowest BCUT2D eigenvalue weighted by Crippen LogP contribution is -2.19. The number of fused-ring (bicyclic) bond motifs is 1. The van der Waals surface area contributed by atoms with Crippen molar-refractivity contribution < 1.29 is 0 Å². The molecule has 88 valence electrons. The van der Waals surface area contributed by atoms with E-state index in [1.54, 1.807) is 0 Å². The quantitative estimate of drug-likeness (QED) is 0.848. The highest BCUT2D eigenvalue weighted by Gasteiger charge is 2.19. The summed E-state index contributed by atoms with van der Waals surface area (Å²) in [5.41, 5.74) is 3.90. The summed E-state index contributed by atoms with van der Waals surface area (Å²) in [5.74, 6) is 0. The first-order valence-corrected chi connectivity index (χ1v) is 6.52. The molecule has 17 heavy (non-hydrogen) atoms. The maximum absolute atomic E-state index is 4.38. The van der Waals surface area contributed by atoms with Crippen LogP contribution in [0, 0.1) is 0 Å². The van der Waals surface area contributed by atoms with E-state index in [1.807, 2.05) is 17.9 Å². The highest BCUT2D eigenvalue weighted by Crippen LogP contribution is 2.31. The molecule has 0 unspecified atom stereocenters. The number of hydrogen-bond donors (Lipinski definition) is 0. The zero-order chi connectivity index (χ0) is 11.8. The predicted octanol–water partition coefficient (Wildman–Crippen LogP) is 2.75. The maximum atomic E-state index is 4.38. The molecule has 0 radical (unpaired) electrons. The average Bonchev–Trinajstić information content (AvgIpc) is 2.87. The van der Waals surface area contributed by atoms with E-state index in [-0.39, 0.29) is 0 Å². The van der Waals surface area contributed by atoms with Crippen molar-refractivity contribution in [2.24, 2.45) is 7.05 Å². The van der Waals surface area contributed by atoms with Crippen molar-refractivity contribution in [3.05, 3.63) is 46.5 Å². The second kappa shape index (κ2) is 4.18. The Labute approximate surface area is 109 Å². The van der Waals surface area contributed by atoms with Crippen molar-refractivity contribution in [2.75, 3.05) is 11.4 Å². The Morgan fingerprint density at radius 3 is 3.06 bits per heavy atom. The lowest BCUT2D eigenvalue weighted by Gasteiger charge is -2.18. The van der Waals surface area contributed by atoms with Gasteiger partial charge in [0.25, 0.3) is 0 Å². The summed E-state index contributed by atoms with van der Waals surface area (Å²) < 4.78 is 3.14. The molecule has 0 fully saturated rings. The Bertz CT molecular complexity index is 547. The molecule has 0 saturated carbocycles. The van der Waals surface area contributed by atoms with E-state index in [0.29, 0.717) is 0 Å². The van der Waals surface area contributed by atoms with Crippen LogP contribution in [0.4, 0.5) is 5.69 Å². The third kappa shape index (κ3) is 2.09. The second-order valence-corrected chi connectivity index (χ2v) is 5.39. The standard InChI is InChI=1S/C13H14BrN3/c1-16-7-12(15-9-16)8-17-5-4-10-2-3-11(14)6-13(10)17/h2-3,6-7,9H,4-5,8H2,1H3. The van der Waals surface area contributed by atoms with Gasteiger partial charge in [-0.15, -0.1) is 0 Å². The van der Waals surface area contributed by atoms with Crippen molar-refractivity contribution in [3.8, 4) is 0 Å². The molecule has 0 spiro atoms. The number of benzene rings is 1. The van der Waals surface area contributed by atoms with Gasteiger partial charge in [-0.2, -0.15) is 0 Å². The first-order chi connectivity index (χ1) is 8.22. The summed E-state index contributed by atoms with van der Waals surface area (Å²) in [6.07, 6.45) is 5.07. The van der Waals surface area contributed by atoms with Gasteiger partial charge in [0.1, 0.15) is 0 Å². The normalized spacial score (nSPS) is 14.1. The Morgan fingerprint density at radius 2 is 2.29 bits per heavy atom. The van der Waals surface area contributed by atoms with Crippen molar-refractivity contribution in [1.82, 2.24) is 9.55 Å². The van der Waals surface area contributed by atoms with Gasteiger partial charge in [0.15, 0.2) is 0 Å². The minimum absolute atomic E-state index is 0.893. The van der Waals surface area contributed by atoms with E-state index in [9.17, 15) is 0 Å². The van der Waals surface area contributed by atoms with Crippen LogP contribution in [-0.2, 0) is 20.0 Å². The SMILES string of the molecule is Cn1cnc(CN2CCc3ccc(Br)cc32)c1. The van der Waals surface area contributed by atoms with Crippen LogP contribution in [0.5, 0.6) is 0 Å².